The molecular weight excluding hydrogens is 252 g/mol. The maximum atomic E-state index is 11.2. The Morgan fingerprint density at radius 2 is 2.25 bits per heavy atom. The number of rotatable bonds is 6. The minimum atomic E-state index is -3.39. The van der Waals surface area contributed by atoms with Crippen LogP contribution in [0.2, 0.25) is 0 Å². The van der Waals surface area contributed by atoms with Crippen LogP contribution in [0.3, 0.4) is 0 Å². The van der Waals surface area contributed by atoms with Crippen molar-refractivity contribution in [2.45, 2.75) is 6.04 Å². The van der Waals surface area contributed by atoms with E-state index in [2.05, 4.69) is 4.72 Å². The Balaban J connectivity index is 2.68. The standard InChI is InChI=1S/C9H15ClN2O3S/c1-12(2)8(9-4-3-5-15-9)6-11-16(13,14)7-10/h3-5,8,11H,6-7H2,1-2H3. The molecule has 0 aromatic carbocycles. The molecule has 0 aliphatic heterocycles. The number of hydrogen-bond acceptors (Lipinski definition) is 4. The topological polar surface area (TPSA) is 62.6 Å². The molecule has 1 atom stereocenters. The third-order valence-electron chi connectivity index (χ3n) is 2.14. The Hall–Kier alpha value is -0.560. The molecule has 0 fully saturated rings. The third-order valence-corrected chi connectivity index (χ3v) is 3.89. The quantitative estimate of drug-likeness (QED) is 0.781. The first kappa shape index (κ1) is 13.5. The summed E-state index contributed by atoms with van der Waals surface area (Å²) in [4.78, 5) is 1.87. The van der Waals surface area contributed by atoms with E-state index in [1.807, 2.05) is 19.0 Å². The van der Waals surface area contributed by atoms with Crippen LogP contribution in [0.25, 0.3) is 0 Å². The van der Waals surface area contributed by atoms with Crippen LogP contribution in [0.1, 0.15) is 11.8 Å². The SMILES string of the molecule is CN(C)C(CNS(=O)(=O)CCl)c1ccco1. The lowest BCUT2D eigenvalue weighted by Gasteiger charge is -2.22. The fourth-order valence-corrected chi connectivity index (χ4v) is 1.98. The highest BCUT2D eigenvalue weighted by Gasteiger charge is 2.19. The van der Waals surface area contributed by atoms with Gasteiger partial charge < -0.3 is 4.42 Å². The number of likely N-dealkylation sites (N-methyl/N-ethyl adjacent to an activating group) is 1. The first-order valence-corrected chi connectivity index (χ1v) is 6.88. The average molecular weight is 267 g/mol. The van der Waals surface area contributed by atoms with Gasteiger partial charge in [-0.25, -0.2) is 13.1 Å². The van der Waals surface area contributed by atoms with E-state index in [0.717, 1.165) is 0 Å². The van der Waals surface area contributed by atoms with Crippen molar-refractivity contribution in [3.63, 3.8) is 0 Å². The summed E-state index contributed by atoms with van der Waals surface area (Å²) in [6.45, 7) is 0.232. The Morgan fingerprint density at radius 3 is 2.69 bits per heavy atom. The molecule has 1 unspecified atom stereocenters. The van der Waals surface area contributed by atoms with Crippen molar-refractivity contribution in [2.24, 2.45) is 0 Å². The second kappa shape index (κ2) is 5.67. The summed E-state index contributed by atoms with van der Waals surface area (Å²) in [5.74, 6) is 0.710. The zero-order valence-corrected chi connectivity index (χ0v) is 10.8. The number of halogens is 1. The van der Waals surface area contributed by atoms with Gasteiger partial charge in [-0.1, -0.05) is 0 Å². The molecule has 1 N–H and O–H groups in total. The molecule has 0 amide bonds. The van der Waals surface area contributed by atoms with E-state index in [-0.39, 0.29) is 12.6 Å². The van der Waals surface area contributed by atoms with Crippen LogP contribution in [0.4, 0.5) is 0 Å². The molecule has 1 heterocycles. The van der Waals surface area contributed by atoms with Gasteiger partial charge >= 0.3 is 0 Å². The van der Waals surface area contributed by atoms with Crippen molar-refractivity contribution < 1.29 is 12.8 Å². The minimum Gasteiger partial charge on any atom is -0.468 e. The highest BCUT2D eigenvalue weighted by molar-refractivity contribution is 7.90. The normalized spacial score (nSPS) is 14.2. The van der Waals surface area contributed by atoms with E-state index in [9.17, 15) is 8.42 Å². The van der Waals surface area contributed by atoms with Gasteiger partial charge in [0.2, 0.25) is 10.0 Å². The van der Waals surface area contributed by atoms with Gasteiger partial charge in [0.1, 0.15) is 11.0 Å². The van der Waals surface area contributed by atoms with Gasteiger partial charge in [-0.2, -0.15) is 0 Å². The van der Waals surface area contributed by atoms with E-state index in [1.165, 1.54) is 0 Å². The molecule has 0 spiro atoms. The van der Waals surface area contributed by atoms with Crippen LogP contribution >= 0.6 is 11.6 Å². The molecule has 1 rings (SSSR count). The van der Waals surface area contributed by atoms with Crippen molar-refractivity contribution in [1.29, 1.82) is 0 Å². The number of sulfonamides is 1. The van der Waals surface area contributed by atoms with Crippen LogP contribution in [-0.2, 0) is 10.0 Å². The number of hydrogen-bond donors (Lipinski definition) is 1. The van der Waals surface area contributed by atoms with Crippen molar-refractivity contribution in [3.8, 4) is 0 Å². The molecular formula is C9H15ClN2O3S. The Kier molecular flexibility index (Phi) is 4.79. The molecule has 0 radical (unpaired) electrons. The molecule has 0 aliphatic rings. The predicted molar refractivity (Wildman–Crippen MR) is 62.8 cm³/mol. The summed E-state index contributed by atoms with van der Waals surface area (Å²) in [6.07, 6.45) is 1.56. The monoisotopic (exact) mass is 266 g/mol. The first-order valence-electron chi connectivity index (χ1n) is 4.69. The zero-order valence-electron chi connectivity index (χ0n) is 9.18. The molecule has 1 aromatic heterocycles. The van der Waals surface area contributed by atoms with Crippen molar-refractivity contribution in [1.82, 2.24) is 9.62 Å². The lowest BCUT2D eigenvalue weighted by molar-refractivity contribution is 0.259. The van der Waals surface area contributed by atoms with Crippen LogP contribution in [0, 0.1) is 0 Å². The number of nitrogens with one attached hydrogen (secondary N) is 1. The molecule has 16 heavy (non-hydrogen) atoms. The second-order valence-corrected chi connectivity index (χ2v) is 5.96. The highest BCUT2D eigenvalue weighted by Crippen LogP contribution is 2.17. The molecule has 0 saturated carbocycles. The van der Waals surface area contributed by atoms with Gasteiger partial charge in [0.25, 0.3) is 0 Å². The Bertz CT molecular complexity index is 402. The molecule has 0 aliphatic carbocycles. The minimum absolute atomic E-state index is 0.145. The first-order chi connectivity index (χ1) is 7.46. The van der Waals surface area contributed by atoms with Crippen LogP contribution in [0.5, 0.6) is 0 Å². The molecule has 5 nitrogen and oxygen atoms in total. The summed E-state index contributed by atoms with van der Waals surface area (Å²) in [7, 11) is 0.307. The van der Waals surface area contributed by atoms with Gasteiger partial charge in [-0.3, -0.25) is 4.90 Å². The van der Waals surface area contributed by atoms with Gasteiger partial charge in [0.15, 0.2) is 0 Å². The molecule has 0 bridgehead atoms. The van der Waals surface area contributed by atoms with Crippen LogP contribution in [0.15, 0.2) is 22.8 Å². The lowest BCUT2D eigenvalue weighted by Crippen LogP contribution is -2.34. The summed E-state index contributed by atoms with van der Waals surface area (Å²) in [6, 6.07) is 3.43. The van der Waals surface area contributed by atoms with Gasteiger partial charge in [0, 0.05) is 6.54 Å². The zero-order chi connectivity index (χ0) is 12.2. The largest absolute Gasteiger partial charge is 0.468 e. The molecule has 1 aromatic rings. The fraction of sp³-hybridized carbons (Fsp3) is 0.556. The number of alkyl halides is 1. The fourth-order valence-electron chi connectivity index (χ4n) is 1.26. The predicted octanol–water partition coefficient (Wildman–Crippen LogP) is 0.998. The van der Waals surface area contributed by atoms with Crippen molar-refractivity contribution in [3.05, 3.63) is 24.2 Å². The van der Waals surface area contributed by atoms with Gasteiger partial charge in [-0.15, -0.1) is 11.6 Å². The van der Waals surface area contributed by atoms with E-state index < -0.39 is 15.2 Å². The summed E-state index contributed by atoms with van der Waals surface area (Å²) in [5.41, 5.74) is 0. The highest BCUT2D eigenvalue weighted by atomic mass is 35.5. The second-order valence-electron chi connectivity index (χ2n) is 3.57. The van der Waals surface area contributed by atoms with E-state index in [0.29, 0.717) is 5.76 Å². The summed E-state index contributed by atoms with van der Waals surface area (Å²) >= 11 is 5.29. The van der Waals surface area contributed by atoms with Crippen LogP contribution < -0.4 is 4.72 Å². The maximum Gasteiger partial charge on any atom is 0.225 e. The maximum absolute atomic E-state index is 11.2. The Morgan fingerprint density at radius 1 is 1.56 bits per heavy atom. The van der Waals surface area contributed by atoms with Crippen molar-refractivity contribution >= 4 is 21.6 Å². The van der Waals surface area contributed by atoms with Crippen molar-refractivity contribution in [2.75, 3.05) is 25.9 Å². The third kappa shape index (κ3) is 3.79. The number of furan rings is 1. The molecule has 7 heteroatoms. The smallest absolute Gasteiger partial charge is 0.225 e. The lowest BCUT2D eigenvalue weighted by atomic mass is 10.2. The van der Waals surface area contributed by atoms with E-state index in [1.54, 1.807) is 18.4 Å². The van der Waals surface area contributed by atoms with Gasteiger partial charge in [-0.05, 0) is 26.2 Å². The van der Waals surface area contributed by atoms with Gasteiger partial charge in [0.05, 0.1) is 12.3 Å². The van der Waals surface area contributed by atoms with E-state index >= 15 is 0 Å². The molecule has 0 saturated heterocycles. The number of nitrogens with zero attached hydrogens (tertiary/aromatic N) is 1. The van der Waals surface area contributed by atoms with Crippen LogP contribution in [-0.4, -0.2) is 39.2 Å². The van der Waals surface area contributed by atoms with E-state index in [4.69, 9.17) is 16.0 Å². The molecule has 92 valence electrons. The summed E-state index contributed by atoms with van der Waals surface area (Å²) in [5, 5.41) is -0.439. The Labute approximate surface area is 100 Å². The average Bonchev–Trinajstić information content (AvgIpc) is 2.71. The summed E-state index contributed by atoms with van der Waals surface area (Å²) < 4.78 is 30.1.